The first-order valence-corrected chi connectivity index (χ1v) is 6.60. The Morgan fingerprint density at radius 3 is 2.81 bits per heavy atom. The van der Waals surface area contributed by atoms with Gasteiger partial charge in [0.1, 0.15) is 5.69 Å². The first-order chi connectivity index (χ1) is 10.0. The van der Waals surface area contributed by atoms with Crippen LogP contribution in [0.3, 0.4) is 0 Å². The lowest BCUT2D eigenvalue weighted by Gasteiger charge is -2.17. The number of nitrogen functional groups attached to an aromatic ring is 1. The van der Waals surface area contributed by atoms with E-state index in [1.54, 1.807) is 35.8 Å². The molecule has 1 amide bonds. The number of carbonyl (C=O) groups excluding carboxylic acids is 1. The predicted molar refractivity (Wildman–Crippen MR) is 78.2 cm³/mol. The summed E-state index contributed by atoms with van der Waals surface area (Å²) in [6.45, 7) is 0.733. The van der Waals surface area contributed by atoms with Crippen LogP contribution in [0.5, 0.6) is 11.5 Å². The van der Waals surface area contributed by atoms with Gasteiger partial charge in [-0.15, -0.1) is 0 Å². The van der Waals surface area contributed by atoms with Gasteiger partial charge in [-0.05, 0) is 23.8 Å². The summed E-state index contributed by atoms with van der Waals surface area (Å²) >= 11 is 0. The van der Waals surface area contributed by atoms with Crippen LogP contribution >= 0.6 is 0 Å². The van der Waals surface area contributed by atoms with Gasteiger partial charge in [-0.3, -0.25) is 4.79 Å². The van der Waals surface area contributed by atoms with Gasteiger partial charge in [0.05, 0.1) is 5.69 Å². The van der Waals surface area contributed by atoms with Gasteiger partial charge < -0.3 is 24.7 Å². The third-order valence-corrected chi connectivity index (χ3v) is 3.45. The van der Waals surface area contributed by atoms with Crippen LogP contribution in [0.25, 0.3) is 0 Å². The predicted octanol–water partition coefficient (Wildman–Crippen LogP) is 1.61. The van der Waals surface area contributed by atoms with Crippen LogP contribution in [0.1, 0.15) is 16.1 Å². The highest BCUT2D eigenvalue weighted by atomic mass is 16.7. The van der Waals surface area contributed by atoms with Crippen LogP contribution in [0, 0.1) is 0 Å². The number of anilines is 1. The van der Waals surface area contributed by atoms with Gasteiger partial charge in [-0.2, -0.15) is 0 Å². The molecule has 3 rings (SSSR count). The highest BCUT2D eigenvalue weighted by Crippen LogP contribution is 2.32. The molecule has 0 aliphatic carbocycles. The summed E-state index contributed by atoms with van der Waals surface area (Å²) in [4.78, 5) is 14.1. The van der Waals surface area contributed by atoms with Crippen LogP contribution in [-0.2, 0) is 13.6 Å². The number of ether oxygens (including phenoxy) is 2. The molecule has 0 fully saturated rings. The largest absolute Gasteiger partial charge is 0.454 e. The van der Waals surface area contributed by atoms with Crippen molar-refractivity contribution in [2.24, 2.45) is 7.05 Å². The fourth-order valence-electron chi connectivity index (χ4n) is 2.38. The van der Waals surface area contributed by atoms with Crippen LogP contribution in [-0.4, -0.2) is 29.2 Å². The van der Waals surface area contributed by atoms with E-state index in [-0.39, 0.29) is 12.7 Å². The van der Waals surface area contributed by atoms with E-state index in [1.807, 2.05) is 18.2 Å². The number of aryl methyl sites for hydroxylation is 1. The molecule has 0 unspecified atom stereocenters. The second-order valence-corrected chi connectivity index (χ2v) is 5.12. The molecule has 0 radical (unpaired) electrons. The molecule has 1 aliphatic heterocycles. The number of amides is 1. The molecular formula is C15H17N3O3. The Balaban J connectivity index is 1.75. The lowest BCUT2D eigenvalue weighted by atomic mass is 10.2. The quantitative estimate of drug-likeness (QED) is 0.931. The van der Waals surface area contributed by atoms with E-state index >= 15 is 0 Å². The second-order valence-electron chi connectivity index (χ2n) is 5.12. The van der Waals surface area contributed by atoms with E-state index in [4.69, 9.17) is 15.2 Å². The van der Waals surface area contributed by atoms with E-state index in [0.29, 0.717) is 17.9 Å². The van der Waals surface area contributed by atoms with Crippen molar-refractivity contribution in [3.8, 4) is 11.5 Å². The van der Waals surface area contributed by atoms with Crippen molar-refractivity contribution in [1.29, 1.82) is 0 Å². The average Bonchev–Trinajstić information content (AvgIpc) is 3.03. The molecule has 2 N–H and O–H groups in total. The van der Waals surface area contributed by atoms with E-state index in [0.717, 1.165) is 17.1 Å². The zero-order valence-corrected chi connectivity index (χ0v) is 12.0. The van der Waals surface area contributed by atoms with Crippen molar-refractivity contribution in [3.63, 3.8) is 0 Å². The first-order valence-electron chi connectivity index (χ1n) is 6.60. The van der Waals surface area contributed by atoms with Crippen molar-refractivity contribution in [2.75, 3.05) is 19.6 Å². The number of fused-ring (bicyclic) bond motifs is 1. The van der Waals surface area contributed by atoms with Crippen LogP contribution in [0.15, 0.2) is 30.5 Å². The Labute approximate surface area is 122 Å². The minimum absolute atomic E-state index is 0.0770. The molecule has 0 bridgehead atoms. The number of nitrogens with two attached hydrogens (primary N) is 1. The van der Waals surface area contributed by atoms with Crippen LogP contribution < -0.4 is 15.2 Å². The zero-order chi connectivity index (χ0) is 15.0. The smallest absolute Gasteiger partial charge is 0.270 e. The molecule has 0 saturated carbocycles. The molecule has 2 heterocycles. The summed E-state index contributed by atoms with van der Waals surface area (Å²) in [7, 11) is 3.56. The van der Waals surface area contributed by atoms with Gasteiger partial charge in [0, 0.05) is 26.8 Å². The monoisotopic (exact) mass is 287 g/mol. The third kappa shape index (κ3) is 2.52. The topological polar surface area (TPSA) is 69.7 Å². The molecule has 1 aliphatic rings. The number of nitrogens with zero attached hydrogens (tertiary/aromatic N) is 2. The number of carbonyl (C=O) groups is 1. The number of hydrogen-bond donors (Lipinski definition) is 1. The van der Waals surface area contributed by atoms with Gasteiger partial charge in [0.15, 0.2) is 11.5 Å². The Hall–Kier alpha value is -2.63. The highest BCUT2D eigenvalue weighted by Gasteiger charge is 2.18. The first kappa shape index (κ1) is 13.4. The highest BCUT2D eigenvalue weighted by molar-refractivity contribution is 5.93. The molecule has 21 heavy (non-hydrogen) atoms. The van der Waals surface area contributed by atoms with Gasteiger partial charge in [0.2, 0.25) is 6.79 Å². The SMILES string of the molecule is CN(Cc1ccc2c(c1)OCO2)C(=O)c1cc(N)cn1C. The molecular weight excluding hydrogens is 270 g/mol. The number of benzene rings is 1. The van der Waals surface area contributed by atoms with Crippen molar-refractivity contribution in [3.05, 3.63) is 41.7 Å². The summed E-state index contributed by atoms with van der Waals surface area (Å²) in [5, 5.41) is 0. The van der Waals surface area contributed by atoms with Gasteiger partial charge in [-0.1, -0.05) is 6.07 Å². The maximum absolute atomic E-state index is 12.4. The normalized spacial score (nSPS) is 12.5. The fourth-order valence-corrected chi connectivity index (χ4v) is 2.38. The average molecular weight is 287 g/mol. The van der Waals surface area contributed by atoms with Gasteiger partial charge in [-0.25, -0.2) is 0 Å². The van der Waals surface area contributed by atoms with E-state index in [2.05, 4.69) is 0 Å². The lowest BCUT2D eigenvalue weighted by molar-refractivity contribution is 0.0775. The molecule has 1 aromatic carbocycles. The Morgan fingerprint density at radius 2 is 2.10 bits per heavy atom. The zero-order valence-electron chi connectivity index (χ0n) is 12.0. The van der Waals surface area contributed by atoms with Crippen LogP contribution in [0.4, 0.5) is 5.69 Å². The van der Waals surface area contributed by atoms with E-state index in [1.165, 1.54) is 0 Å². The number of rotatable bonds is 3. The molecule has 6 heteroatoms. The molecule has 2 aromatic rings. The third-order valence-electron chi connectivity index (χ3n) is 3.45. The summed E-state index contributed by atoms with van der Waals surface area (Å²) in [5.74, 6) is 1.38. The van der Waals surface area contributed by atoms with Crippen LogP contribution in [0.2, 0.25) is 0 Å². The van der Waals surface area contributed by atoms with Gasteiger partial charge >= 0.3 is 0 Å². The standard InChI is InChI=1S/C15H17N3O3/c1-17-8-11(16)6-12(17)15(19)18(2)7-10-3-4-13-14(5-10)21-9-20-13/h3-6,8H,7,9,16H2,1-2H3. The van der Waals surface area contributed by atoms with Crippen molar-refractivity contribution >= 4 is 11.6 Å². The van der Waals surface area contributed by atoms with Crippen molar-refractivity contribution in [1.82, 2.24) is 9.47 Å². The van der Waals surface area contributed by atoms with E-state index in [9.17, 15) is 4.79 Å². The fraction of sp³-hybridized carbons (Fsp3) is 0.267. The van der Waals surface area contributed by atoms with Gasteiger partial charge in [0.25, 0.3) is 5.91 Å². The summed E-state index contributed by atoms with van der Waals surface area (Å²) in [5.41, 5.74) is 7.84. The minimum Gasteiger partial charge on any atom is -0.454 e. The Bertz CT molecular complexity index is 693. The van der Waals surface area contributed by atoms with Crippen molar-refractivity contribution in [2.45, 2.75) is 6.54 Å². The second kappa shape index (κ2) is 5.05. The Morgan fingerprint density at radius 1 is 1.33 bits per heavy atom. The lowest BCUT2D eigenvalue weighted by Crippen LogP contribution is -2.27. The summed E-state index contributed by atoms with van der Waals surface area (Å²) in [6.07, 6.45) is 1.72. The van der Waals surface area contributed by atoms with E-state index < -0.39 is 0 Å². The number of hydrogen-bond acceptors (Lipinski definition) is 4. The minimum atomic E-state index is -0.0770. The molecule has 0 spiro atoms. The molecule has 110 valence electrons. The molecule has 1 aromatic heterocycles. The number of aromatic nitrogens is 1. The Kier molecular flexibility index (Phi) is 3.21. The maximum Gasteiger partial charge on any atom is 0.270 e. The summed E-state index contributed by atoms with van der Waals surface area (Å²) in [6, 6.07) is 7.36. The van der Waals surface area contributed by atoms with Crippen molar-refractivity contribution < 1.29 is 14.3 Å². The molecule has 0 atom stereocenters. The molecule has 0 saturated heterocycles. The molecule has 6 nitrogen and oxygen atoms in total. The maximum atomic E-state index is 12.4. The summed E-state index contributed by atoms with van der Waals surface area (Å²) < 4.78 is 12.3.